The molecule has 20 heavy (non-hydrogen) atoms. The standard InChI is InChI=1S/C12H24N4O3S/c17-20(18,16-6-3-13-4-7-16)14-8-12-9-15-5-1-2-11(15)10-19-12/h11-14H,1-10H2. The van der Waals surface area contributed by atoms with Crippen molar-refractivity contribution in [3.63, 3.8) is 0 Å². The van der Waals surface area contributed by atoms with Crippen LogP contribution in [0.4, 0.5) is 0 Å². The van der Waals surface area contributed by atoms with Gasteiger partial charge in [-0.25, -0.2) is 0 Å². The van der Waals surface area contributed by atoms with Crippen LogP contribution in [0.25, 0.3) is 0 Å². The molecule has 8 heteroatoms. The Hall–Kier alpha value is -0.250. The molecular weight excluding hydrogens is 280 g/mol. The molecule has 7 nitrogen and oxygen atoms in total. The Morgan fingerprint density at radius 2 is 2.05 bits per heavy atom. The number of hydrogen-bond acceptors (Lipinski definition) is 5. The van der Waals surface area contributed by atoms with Crippen LogP contribution in [0.2, 0.25) is 0 Å². The van der Waals surface area contributed by atoms with Gasteiger partial charge in [-0.2, -0.15) is 17.4 Å². The monoisotopic (exact) mass is 304 g/mol. The fourth-order valence-electron chi connectivity index (χ4n) is 3.18. The zero-order valence-electron chi connectivity index (χ0n) is 11.8. The van der Waals surface area contributed by atoms with Crippen LogP contribution in [-0.2, 0) is 14.9 Å². The first-order valence-electron chi connectivity index (χ1n) is 7.46. The molecule has 3 saturated heterocycles. The first-order valence-corrected chi connectivity index (χ1v) is 8.90. The van der Waals surface area contributed by atoms with E-state index in [0.717, 1.165) is 32.8 Å². The van der Waals surface area contributed by atoms with Gasteiger partial charge in [-0.3, -0.25) is 4.90 Å². The van der Waals surface area contributed by atoms with Crippen molar-refractivity contribution < 1.29 is 13.2 Å². The fourth-order valence-corrected chi connectivity index (χ4v) is 4.43. The minimum atomic E-state index is -3.36. The van der Waals surface area contributed by atoms with Crippen molar-refractivity contribution in [1.82, 2.24) is 19.2 Å². The van der Waals surface area contributed by atoms with Gasteiger partial charge >= 0.3 is 0 Å². The highest BCUT2D eigenvalue weighted by Gasteiger charge is 2.33. The summed E-state index contributed by atoms with van der Waals surface area (Å²) in [7, 11) is -3.36. The zero-order chi connectivity index (χ0) is 14.0. The summed E-state index contributed by atoms with van der Waals surface area (Å²) in [6.07, 6.45) is 2.41. The van der Waals surface area contributed by atoms with Gasteiger partial charge in [0.2, 0.25) is 0 Å². The number of nitrogens with zero attached hydrogens (tertiary/aromatic N) is 2. The third-order valence-corrected chi connectivity index (χ3v) is 5.95. The van der Waals surface area contributed by atoms with Gasteiger partial charge in [0, 0.05) is 45.3 Å². The minimum absolute atomic E-state index is 0.0259. The smallest absolute Gasteiger partial charge is 0.279 e. The molecule has 0 amide bonds. The van der Waals surface area contributed by atoms with Crippen LogP contribution in [0.15, 0.2) is 0 Å². The van der Waals surface area contributed by atoms with Gasteiger partial charge in [0.1, 0.15) is 0 Å². The largest absolute Gasteiger partial charge is 0.374 e. The van der Waals surface area contributed by atoms with Gasteiger partial charge in [-0.1, -0.05) is 0 Å². The van der Waals surface area contributed by atoms with Gasteiger partial charge in [-0.15, -0.1) is 0 Å². The zero-order valence-corrected chi connectivity index (χ0v) is 12.6. The van der Waals surface area contributed by atoms with Crippen LogP contribution in [0.3, 0.4) is 0 Å². The van der Waals surface area contributed by atoms with E-state index in [9.17, 15) is 8.42 Å². The predicted octanol–water partition coefficient (Wildman–Crippen LogP) is -1.41. The molecule has 0 aliphatic carbocycles. The second-order valence-corrected chi connectivity index (χ2v) is 7.50. The van der Waals surface area contributed by atoms with Gasteiger partial charge in [0.25, 0.3) is 10.2 Å². The summed E-state index contributed by atoms with van der Waals surface area (Å²) < 4.78 is 34.3. The van der Waals surface area contributed by atoms with Gasteiger partial charge < -0.3 is 10.1 Å². The second-order valence-electron chi connectivity index (χ2n) is 5.75. The van der Waals surface area contributed by atoms with E-state index < -0.39 is 10.2 Å². The van der Waals surface area contributed by atoms with Gasteiger partial charge in [-0.05, 0) is 19.4 Å². The lowest BCUT2D eigenvalue weighted by Crippen LogP contribution is -2.54. The lowest BCUT2D eigenvalue weighted by molar-refractivity contribution is -0.0450. The number of nitrogens with one attached hydrogen (secondary N) is 2. The maximum Gasteiger partial charge on any atom is 0.279 e. The summed E-state index contributed by atoms with van der Waals surface area (Å²) in [6.45, 7) is 5.58. The summed E-state index contributed by atoms with van der Waals surface area (Å²) in [6, 6.07) is 0.552. The van der Waals surface area contributed by atoms with E-state index in [2.05, 4.69) is 14.9 Å². The number of hydrogen-bond donors (Lipinski definition) is 2. The Kier molecular flexibility index (Phi) is 4.58. The lowest BCUT2D eigenvalue weighted by atomic mass is 10.2. The lowest BCUT2D eigenvalue weighted by Gasteiger charge is -2.35. The Bertz CT molecular complexity index is 424. The molecule has 0 aromatic carbocycles. The van der Waals surface area contributed by atoms with Crippen LogP contribution in [0.1, 0.15) is 12.8 Å². The number of piperazine rings is 1. The van der Waals surface area contributed by atoms with Crippen molar-refractivity contribution in [3.8, 4) is 0 Å². The molecule has 3 rings (SSSR count). The highest BCUT2D eigenvalue weighted by Crippen LogP contribution is 2.22. The van der Waals surface area contributed by atoms with Crippen molar-refractivity contribution >= 4 is 10.2 Å². The summed E-state index contributed by atoms with van der Waals surface area (Å²) in [5.41, 5.74) is 0. The fraction of sp³-hybridized carbons (Fsp3) is 1.00. The van der Waals surface area contributed by atoms with Crippen LogP contribution in [-0.4, -0.2) is 82.2 Å². The number of rotatable bonds is 4. The van der Waals surface area contributed by atoms with Gasteiger partial charge in [0.15, 0.2) is 0 Å². The minimum Gasteiger partial charge on any atom is -0.374 e. The molecule has 0 aromatic rings. The van der Waals surface area contributed by atoms with E-state index >= 15 is 0 Å². The van der Waals surface area contributed by atoms with Gasteiger partial charge in [0.05, 0.1) is 12.7 Å². The summed E-state index contributed by atoms with van der Waals surface area (Å²) in [5.74, 6) is 0. The average Bonchev–Trinajstić information content (AvgIpc) is 2.94. The molecule has 2 N–H and O–H groups in total. The highest BCUT2D eigenvalue weighted by molar-refractivity contribution is 7.87. The molecule has 3 aliphatic heterocycles. The van der Waals surface area contributed by atoms with E-state index in [1.54, 1.807) is 0 Å². The molecular formula is C12H24N4O3S. The van der Waals surface area contributed by atoms with Crippen molar-refractivity contribution in [2.45, 2.75) is 25.0 Å². The van der Waals surface area contributed by atoms with E-state index in [1.165, 1.54) is 17.1 Å². The first-order chi connectivity index (χ1) is 9.65. The molecule has 2 unspecified atom stereocenters. The average molecular weight is 304 g/mol. The second kappa shape index (κ2) is 6.25. The van der Waals surface area contributed by atoms with Crippen LogP contribution >= 0.6 is 0 Å². The van der Waals surface area contributed by atoms with Crippen molar-refractivity contribution in [1.29, 1.82) is 0 Å². The summed E-state index contributed by atoms with van der Waals surface area (Å²) >= 11 is 0. The Morgan fingerprint density at radius 3 is 2.85 bits per heavy atom. The van der Waals surface area contributed by atoms with Crippen LogP contribution in [0, 0.1) is 0 Å². The molecule has 0 radical (unpaired) electrons. The van der Waals surface area contributed by atoms with Crippen molar-refractivity contribution in [2.24, 2.45) is 0 Å². The Labute approximate surface area is 120 Å². The number of morpholine rings is 1. The number of fused-ring (bicyclic) bond motifs is 1. The third-order valence-electron chi connectivity index (χ3n) is 4.37. The van der Waals surface area contributed by atoms with Crippen LogP contribution < -0.4 is 10.0 Å². The van der Waals surface area contributed by atoms with Crippen molar-refractivity contribution in [2.75, 3.05) is 52.4 Å². The summed E-state index contributed by atoms with van der Waals surface area (Å²) in [4.78, 5) is 2.42. The SMILES string of the molecule is O=S(=O)(NCC1CN2CCCC2CO1)N1CCNCC1. The number of ether oxygens (including phenoxy) is 1. The maximum atomic E-state index is 12.2. The summed E-state index contributed by atoms with van der Waals surface area (Å²) in [5, 5.41) is 3.15. The third kappa shape index (κ3) is 3.32. The molecule has 0 bridgehead atoms. The topological polar surface area (TPSA) is 73.9 Å². The molecule has 3 heterocycles. The first kappa shape index (κ1) is 14.7. The van der Waals surface area contributed by atoms with E-state index in [4.69, 9.17) is 4.74 Å². The van der Waals surface area contributed by atoms with Crippen molar-refractivity contribution in [3.05, 3.63) is 0 Å². The maximum absolute atomic E-state index is 12.2. The molecule has 3 fully saturated rings. The predicted molar refractivity (Wildman–Crippen MR) is 75.7 cm³/mol. The normalized spacial score (nSPS) is 33.2. The Morgan fingerprint density at radius 1 is 1.25 bits per heavy atom. The molecule has 0 spiro atoms. The molecule has 0 saturated carbocycles. The molecule has 2 atom stereocenters. The Balaban J connectivity index is 1.48. The van der Waals surface area contributed by atoms with E-state index in [1.807, 2.05) is 0 Å². The molecule has 116 valence electrons. The van der Waals surface area contributed by atoms with E-state index in [0.29, 0.717) is 25.7 Å². The van der Waals surface area contributed by atoms with E-state index in [-0.39, 0.29) is 6.10 Å². The molecule has 0 aromatic heterocycles. The quantitative estimate of drug-likeness (QED) is 0.667. The molecule has 3 aliphatic rings. The van der Waals surface area contributed by atoms with Crippen LogP contribution in [0.5, 0.6) is 0 Å². The highest BCUT2D eigenvalue weighted by atomic mass is 32.2.